The van der Waals surface area contributed by atoms with Crippen molar-refractivity contribution in [2.75, 3.05) is 0 Å². The fourth-order valence-electron chi connectivity index (χ4n) is 1.77. The lowest BCUT2D eigenvalue weighted by Crippen LogP contribution is -2.03. The van der Waals surface area contributed by atoms with E-state index in [1.807, 2.05) is 0 Å². The molecule has 0 saturated carbocycles. The molecule has 0 bridgehead atoms. The van der Waals surface area contributed by atoms with Crippen molar-refractivity contribution in [2.24, 2.45) is 0 Å². The fourth-order valence-corrected chi connectivity index (χ4v) is 2.42. The monoisotopic (exact) mass is 318 g/mol. The normalized spacial score (nSPS) is 12.5. The summed E-state index contributed by atoms with van der Waals surface area (Å²) in [6.07, 6.45) is -0.583. The molecule has 5 heteroatoms. The van der Waals surface area contributed by atoms with Crippen molar-refractivity contribution >= 4 is 34.8 Å². The zero-order valence-electron chi connectivity index (χ0n) is 9.71. The summed E-state index contributed by atoms with van der Waals surface area (Å²) in [6, 6.07) is 9.29. The van der Waals surface area contributed by atoms with Gasteiger partial charge in [0.25, 0.3) is 0 Å². The summed E-state index contributed by atoms with van der Waals surface area (Å²) in [5, 5.41) is 11.1. The molecule has 0 aliphatic heterocycles. The van der Waals surface area contributed by atoms with Crippen LogP contribution in [0.3, 0.4) is 0 Å². The molecule has 2 aromatic rings. The minimum Gasteiger partial charge on any atom is -0.388 e. The SMILES string of the molecule is OC(Cc1ccc(Cl)c(F)c1)c1ccc(Cl)cc1Cl. The Morgan fingerprint density at radius 2 is 1.74 bits per heavy atom. The highest BCUT2D eigenvalue weighted by atomic mass is 35.5. The van der Waals surface area contributed by atoms with Crippen molar-refractivity contribution in [3.05, 3.63) is 68.4 Å². The molecule has 0 spiro atoms. The largest absolute Gasteiger partial charge is 0.388 e. The molecule has 2 rings (SSSR count). The predicted molar refractivity (Wildman–Crippen MR) is 76.5 cm³/mol. The molecule has 0 aliphatic rings. The van der Waals surface area contributed by atoms with Crippen molar-refractivity contribution in [3.8, 4) is 0 Å². The molecule has 100 valence electrons. The van der Waals surface area contributed by atoms with Gasteiger partial charge in [-0.2, -0.15) is 0 Å². The molecule has 0 amide bonds. The van der Waals surface area contributed by atoms with Crippen molar-refractivity contribution in [2.45, 2.75) is 12.5 Å². The van der Waals surface area contributed by atoms with Gasteiger partial charge in [0.1, 0.15) is 5.82 Å². The number of hydrogen-bond acceptors (Lipinski definition) is 1. The third-order valence-corrected chi connectivity index (χ3v) is 3.60. The summed E-state index contributed by atoms with van der Waals surface area (Å²) in [6.45, 7) is 0. The first kappa shape index (κ1) is 14.6. The molecule has 0 aromatic heterocycles. The molecule has 19 heavy (non-hydrogen) atoms. The van der Waals surface area contributed by atoms with Gasteiger partial charge in [-0.15, -0.1) is 0 Å². The van der Waals surface area contributed by atoms with E-state index in [0.29, 0.717) is 21.2 Å². The summed E-state index contributed by atoms with van der Waals surface area (Å²) >= 11 is 17.4. The number of aliphatic hydroxyl groups is 1. The standard InChI is InChI=1S/C14H10Cl3FO/c15-9-2-3-10(12(17)7-9)14(19)6-8-1-4-11(16)13(18)5-8/h1-5,7,14,19H,6H2. The van der Waals surface area contributed by atoms with Gasteiger partial charge in [-0.1, -0.05) is 46.9 Å². The van der Waals surface area contributed by atoms with Gasteiger partial charge < -0.3 is 5.11 Å². The van der Waals surface area contributed by atoms with Gasteiger partial charge in [0.15, 0.2) is 0 Å². The highest BCUT2D eigenvalue weighted by Crippen LogP contribution is 2.29. The van der Waals surface area contributed by atoms with Crippen LogP contribution < -0.4 is 0 Å². The minimum atomic E-state index is -0.828. The second-order valence-corrected chi connectivity index (χ2v) is 5.39. The van der Waals surface area contributed by atoms with Gasteiger partial charge in [0.2, 0.25) is 0 Å². The third-order valence-electron chi connectivity index (χ3n) is 2.73. The molecule has 0 heterocycles. The maximum absolute atomic E-state index is 13.3. The number of hydrogen-bond donors (Lipinski definition) is 1. The number of rotatable bonds is 3. The highest BCUT2D eigenvalue weighted by Gasteiger charge is 2.13. The Hall–Kier alpha value is -0.800. The van der Waals surface area contributed by atoms with Crippen LogP contribution in [0, 0.1) is 5.82 Å². The lowest BCUT2D eigenvalue weighted by atomic mass is 10.0. The topological polar surface area (TPSA) is 20.2 Å². The molecule has 0 aliphatic carbocycles. The first-order valence-electron chi connectivity index (χ1n) is 5.54. The van der Waals surface area contributed by atoms with E-state index in [9.17, 15) is 9.50 Å². The summed E-state index contributed by atoms with van der Waals surface area (Å²) < 4.78 is 13.3. The van der Waals surface area contributed by atoms with Crippen LogP contribution in [0.5, 0.6) is 0 Å². The molecule has 1 nitrogen and oxygen atoms in total. The van der Waals surface area contributed by atoms with E-state index in [4.69, 9.17) is 34.8 Å². The minimum absolute atomic E-state index is 0.0581. The maximum Gasteiger partial charge on any atom is 0.142 e. The van der Waals surface area contributed by atoms with Crippen LogP contribution in [0.25, 0.3) is 0 Å². The van der Waals surface area contributed by atoms with Gasteiger partial charge >= 0.3 is 0 Å². The Morgan fingerprint density at radius 1 is 1.00 bits per heavy atom. The third kappa shape index (κ3) is 3.61. The van der Waals surface area contributed by atoms with Gasteiger partial charge in [0.05, 0.1) is 11.1 Å². The molecule has 1 atom stereocenters. The second-order valence-electron chi connectivity index (χ2n) is 4.13. The first-order valence-corrected chi connectivity index (χ1v) is 6.67. The highest BCUT2D eigenvalue weighted by molar-refractivity contribution is 6.35. The Balaban J connectivity index is 2.20. The van der Waals surface area contributed by atoms with Gasteiger partial charge in [-0.3, -0.25) is 0 Å². The van der Waals surface area contributed by atoms with Crippen LogP contribution in [0.1, 0.15) is 17.2 Å². The fraction of sp³-hybridized carbons (Fsp3) is 0.143. The van der Waals surface area contributed by atoms with Crippen molar-refractivity contribution < 1.29 is 9.50 Å². The summed E-state index contributed by atoms with van der Waals surface area (Å²) in [5.74, 6) is -0.506. The van der Waals surface area contributed by atoms with Crippen LogP contribution in [-0.4, -0.2) is 5.11 Å². The molecule has 0 saturated heterocycles. The molecular weight excluding hydrogens is 310 g/mol. The van der Waals surface area contributed by atoms with Crippen LogP contribution in [0.15, 0.2) is 36.4 Å². The Morgan fingerprint density at radius 3 is 2.37 bits per heavy atom. The maximum atomic E-state index is 13.3. The molecule has 1 unspecified atom stereocenters. The Bertz CT molecular complexity index is 601. The van der Waals surface area contributed by atoms with E-state index in [-0.39, 0.29) is 11.4 Å². The quantitative estimate of drug-likeness (QED) is 0.838. The molecule has 1 N–H and O–H groups in total. The Kier molecular flexibility index (Phi) is 4.69. The predicted octanol–water partition coefficient (Wildman–Crippen LogP) is 5.06. The number of benzene rings is 2. The van der Waals surface area contributed by atoms with E-state index in [0.717, 1.165) is 0 Å². The van der Waals surface area contributed by atoms with Crippen molar-refractivity contribution in [1.82, 2.24) is 0 Å². The average molecular weight is 320 g/mol. The van der Waals surface area contributed by atoms with Gasteiger partial charge in [0, 0.05) is 16.5 Å². The smallest absolute Gasteiger partial charge is 0.142 e. The van der Waals surface area contributed by atoms with E-state index in [1.54, 1.807) is 24.3 Å². The molecular formula is C14H10Cl3FO. The van der Waals surface area contributed by atoms with Crippen LogP contribution >= 0.6 is 34.8 Å². The van der Waals surface area contributed by atoms with Gasteiger partial charge in [-0.25, -0.2) is 4.39 Å². The molecule has 0 fully saturated rings. The summed E-state index contributed by atoms with van der Waals surface area (Å²) in [7, 11) is 0. The lowest BCUT2D eigenvalue weighted by molar-refractivity contribution is 0.178. The van der Waals surface area contributed by atoms with Crippen LogP contribution in [-0.2, 0) is 6.42 Å². The lowest BCUT2D eigenvalue weighted by Gasteiger charge is -2.13. The molecule has 0 radical (unpaired) electrons. The zero-order valence-corrected chi connectivity index (χ0v) is 12.0. The summed E-state index contributed by atoms with van der Waals surface area (Å²) in [5.41, 5.74) is 1.20. The van der Waals surface area contributed by atoms with Crippen molar-refractivity contribution in [3.63, 3.8) is 0 Å². The number of aliphatic hydroxyl groups excluding tert-OH is 1. The first-order chi connectivity index (χ1) is 8.97. The van der Waals surface area contributed by atoms with E-state index < -0.39 is 11.9 Å². The van der Waals surface area contributed by atoms with Crippen molar-refractivity contribution in [1.29, 1.82) is 0 Å². The average Bonchev–Trinajstić information content (AvgIpc) is 2.33. The van der Waals surface area contributed by atoms with Crippen LogP contribution in [0.4, 0.5) is 4.39 Å². The van der Waals surface area contributed by atoms with E-state index in [2.05, 4.69) is 0 Å². The summed E-state index contributed by atoms with van der Waals surface area (Å²) in [4.78, 5) is 0. The number of halogens is 4. The van der Waals surface area contributed by atoms with Crippen LogP contribution in [0.2, 0.25) is 15.1 Å². The van der Waals surface area contributed by atoms with E-state index >= 15 is 0 Å². The molecule has 2 aromatic carbocycles. The zero-order chi connectivity index (χ0) is 14.0. The Labute approximate surface area is 125 Å². The van der Waals surface area contributed by atoms with Gasteiger partial charge in [-0.05, 0) is 35.4 Å². The second kappa shape index (κ2) is 6.10. The van der Waals surface area contributed by atoms with E-state index in [1.165, 1.54) is 12.1 Å².